The molecule has 0 aromatic rings. The molecule has 1 aliphatic rings. The van der Waals surface area contributed by atoms with Gasteiger partial charge in [-0.2, -0.15) is 0 Å². The number of rotatable bonds is 1. The van der Waals surface area contributed by atoms with Gasteiger partial charge in [-0.3, -0.25) is 0 Å². The molecule has 0 aromatic heterocycles. The monoisotopic (exact) mass is 222 g/mol. The van der Waals surface area contributed by atoms with E-state index in [9.17, 15) is 0 Å². The van der Waals surface area contributed by atoms with E-state index in [0.717, 1.165) is 18.0 Å². The molecule has 1 atom stereocenters. The van der Waals surface area contributed by atoms with Gasteiger partial charge in [0, 0.05) is 0 Å². The molecule has 0 bridgehead atoms. The summed E-state index contributed by atoms with van der Waals surface area (Å²) in [6.45, 7) is 6.13. The molecule has 1 aliphatic heterocycles. The number of hydrogen-bond acceptors (Lipinski definition) is 2. The minimum atomic E-state index is -1.62. The molecule has 0 amide bonds. The van der Waals surface area contributed by atoms with Crippen LogP contribution in [-0.2, 0) is 8.85 Å². The van der Waals surface area contributed by atoms with E-state index in [2.05, 4.69) is 13.5 Å². The van der Waals surface area contributed by atoms with Gasteiger partial charge < -0.3 is 0 Å². The van der Waals surface area contributed by atoms with Crippen LogP contribution in [0.5, 0.6) is 0 Å². The van der Waals surface area contributed by atoms with Crippen molar-refractivity contribution < 1.29 is 8.85 Å². The summed E-state index contributed by atoms with van der Waals surface area (Å²) >= 11 is 1.72. The second kappa shape index (κ2) is 3.39. The third-order valence-corrected chi connectivity index (χ3v) is 8.68. The quantitative estimate of drug-likeness (QED) is 0.595. The maximum atomic E-state index is 5.66. The predicted octanol–water partition coefficient (Wildman–Crippen LogP) is 0.332. The Morgan fingerprint density at radius 2 is 2.00 bits per heavy atom. The molecule has 0 aliphatic carbocycles. The summed E-state index contributed by atoms with van der Waals surface area (Å²) in [5.41, 5.74) is 0. The van der Waals surface area contributed by atoms with Crippen LogP contribution in [0.1, 0.15) is 6.92 Å². The molecule has 0 radical (unpaired) electrons. The maximum absolute atomic E-state index is 5.66. The van der Waals surface area contributed by atoms with Gasteiger partial charge in [0.05, 0.1) is 0 Å². The molecular formula is C6H15AsO2Si. The molecule has 4 heteroatoms. The van der Waals surface area contributed by atoms with Crippen LogP contribution in [0.4, 0.5) is 0 Å². The van der Waals surface area contributed by atoms with Crippen LogP contribution in [0, 0.1) is 5.92 Å². The molecule has 0 saturated carbocycles. The zero-order valence-electron chi connectivity index (χ0n) is 6.59. The van der Waals surface area contributed by atoms with Crippen molar-refractivity contribution in [2.45, 2.75) is 18.3 Å². The molecule has 10 heavy (non-hydrogen) atoms. The number of hydrogen-bond donors (Lipinski definition) is 0. The van der Waals surface area contributed by atoms with Crippen LogP contribution in [-0.4, -0.2) is 38.6 Å². The van der Waals surface area contributed by atoms with Crippen LogP contribution in [0.3, 0.4) is 0 Å². The summed E-state index contributed by atoms with van der Waals surface area (Å²) in [7, 11) is -1.62. The normalized spacial score (nSPS) is 41.7. The van der Waals surface area contributed by atoms with Crippen molar-refractivity contribution in [1.29, 1.82) is 0 Å². The molecule has 1 fully saturated rings. The van der Waals surface area contributed by atoms with Crippen molar-refractivity contribution in [3.05, 3.63) is 0 Å². The van der Waals surface area contributed by atoms with E-state index < -0.39 is 8.56 Å². The van der Waals surface area contributed by atoms with Gasteiger partial charge >= 0.3 is 71.7 Å². The summed E-state index contributed by atoms with van der Waals surface area (Å²) < 4.78 is 11.3. The Hall–Kier alpha value is 0.695. The molecule has 1 heterocycles. The zero-order chi connectivity index (χ0) is 7.61. The van der Waals surface area contributed by atoms with Crippen molar-refractivity contribution in [2.24, 2.45) is 5.92 Å². The molecule has 0 N–H and O–H groups in total. The Kier molecular flexibility index (Phi) is 2.98. The van der Waals surface area contributed by atoms with Gasteiger partial charge in [-0.05, 0) is 0 Å². The SMILES string of the molecule is CC1CO[Si](C)(C[AsH2])OC1. The molecule has 0 aromatic carbocycles. The summed E-state index contributed by atoms with van der Waals surface area (Å²) in [6.07, 6.45) is 0. The molecular weight excluding hydrogens is 207 g/mol. The average molecular weight is 222 g/mol. The Morgan fingerprint density at radius 1 is 1.50 bits per heavy atom. The first kappa shape index (κ1) is 8.79. The van der Waals surface area contributed by atoms with Crippen LogP contribution in [0.15, 0.2) is 0 Å². The average Bonchev–Trinajstić information content (AvgIpc) is 1.96. The van der Waals surface area contributed by atoms with E-state index in [4.69, 9.17) is 8.85 Å². The Morgan fingerprint density at radius 3 is 2.40 bits per heavy atom. The van der Waals surface area contributed by atoms with E-state index >= 15 is 0 Å². The van der Waals surface area contributed by atoms with E-state index in [0.29, 0.717) is 5.92 Å². The van der Waals surface area contributed by atoms with Gasteiger partial charge in [-0.1, -0.05) is 0 Å². The third-order valence-electron chi connectivity index (χ3n) is 1.72. The molecule has 0 spiro atoms. The van der Waals surface area contributed by atoms with E-state index in [1.54, 1.807) is 16.9 Å². The van der Waals surface area contributed by atoms with E-state index in [1.165, 1.54) is 0 Å². The van der Waals surface area contributed by atoms with Crippen molar-refractivity contribution in [3.63, 3.8) is 0 Å². The summed E-state index contributed by atoms with van der Waals surface area (Å²) in [5.74, 6) is 0.597. The molecule has 1 saturated heterocycles. The van der Waals surface area contributed by atoms with Crippen molar-refractivity contribution in [3.8, 4) is 0 Å². The Balaban J connectivity index is 2.38. The van der Waals surface area contributed by atoms with Gasteiger partial charge in [0.25, 0.3) is 0 Å². The van der Waals surface area contributed by atoms with E-state index in [-0.39, 0.29) is 0 Å². The molecule has 1 unspecified atom stereocenters. The van der Waals surface area contributed by atoms with Crippen LogP contribution < -0.4 is 0 Å². The van der Waals surface area contributed by atoms with Gasteiger partial charge in [0.2, 0.25) is 0 Å². The first-order valence-corrected chi connectivity index (χ1v) is 7.88. The third kappa shape index (κ3) is 2.09. The first-order chi connectivity index (χ1) is 4.66. The van der Waals surface area contributed by atoms with Gasteiger partial charge in [0.1, 0.15) is 0 Å². The summed E-state index contributed by atoms with van der Waals surface area (Å²) in [6, 6.07) is 0. The standard InChI is InChI=1S/C6H15AsO2Si/c1-6-3-8-10(2,5-7)9-4-6/h6H,3-5,7H2,1-2H3. The van der Waals surface area contributed by atoms with Gasteiger partial charge in [0.15, 0.2) is 0 Å². The van der Waals surface area contributed by atoms with E-state index in [1.807, 2.05) is 0 Å². The second-order valence-electron chi connectivity index (χ2n) is 3.07. The first-order valence-electron chi connectivity index (χ1n) is 3.64. The van der Waals surface area contributed by atoms with Crippen LogP contribution in [0.25, 0.3) is 0 Å². The Bertz CT molecular complexity index is 112. The topological polar surface area (TPSA) is 18.5 Å². The predicted molar refractivity (Wildman–Crippen MR) is 46.0 cm³/mol. The van der Waals surface area contributed by atoms with Crippen LogP contribution in [0.2, 0.25) is 11.4 Å². The van der Waals surface area contributed by atoms with Crippen LogP contribution >= 0.6 is 0 Å². The second-order valence-corrected chi connectivity index (χ2v) is 8.89. The minimum absolute atomic E-state index is 0.597. The Labute approximate surface area is 72.0 Å². The molecule has 60 valence electrons. The zero-order valence-corrected chi connectivity index (χ0v) is 10.0. The van der Waals surface area contributed by atoms with Gasteiger partial charge in [-0.15, -0.1) is 0 Å². The van der Waals surface area contributed by atoms with Gasteiger partial charge in [-0.25, -0.2) is 0 Å². The van der Waals surface area contributed by atoms with Crippen molar-refractivity contribution >= 4 is 25.4 Å². The molecule has 2 nitrogen and oxygen atoms in total. The molecule has 1 rings (SSSR count). The fourth-order valence-electron chi connectivity index (χ4n) is 0.845. The fourth-order valence-corrected chi connectivity index (χ4v) is 3.92. The fraction of sp³-hybridized carbons (Fsp3) is 1.00. The van der Waals surface area contributed by atoms with Crippen molar-refractivity contribution in [1.82, 2.24) is 0 Å². The van der Waals surface area contributed by atoms with Crippen molar-refractivity contribution in [2.75, 3.05) is 13.2 Å². The summed E-state index contributed by atoms with van der Waals surface area (Å²) in [5, 5.41) is 0. The summed E-state index contributed by atoms with van der Waals surface area (Å²) in [4.78, 5) is 1.13.